The average Bonchev–Trinajstić information content (AvgIpc) is 2.34. The molecule has 19 heavy (non-hydrogen) atoms. The van der Waals surface area contributed by atoms with Crippen molar-refractivity contribution >= 4 is 17.7 Å². The standard InChI is InChI=1S/C15H23NO2S/c1-15(2,3)9-14(18)16-10-13(17)11-5-7-12(19-4)8-6-11/h5-8,13,17H,9-10H2,1-4H3,(H,16,18). The SMILES string of the molecule is CSc1ccc(C(O)CNC(=O)CC(C)(C)C)cc1. The quantitative estimate of drug-likeness (QED) is 0.816. The minimum Gasteiger partial charge on any atom is -0.387 e. The van der Waals surface area contributed by atoms with Gasteiger partial charge in [-0.1, -0.05) is 32.9 Å². The van der Waals surface area contributed by atoms with Crippen molar-refractivity contribution in [1.82, 2.24) is 5.32 Å². The summed E-state index contributed by atoms with van der Waals surface area (Å²) in [5.74, 6) is -0.0210. The lowest BCUT2D eigenvalue weighted by Crippen LogP contribution is -2.31. The molecule has 2 N–H and O–H groups in total. The van der Waals surface area contributed by atoms with Gasteiger partial charge in [0.2, 0.25) is 5.91 Å². The van der Waals surface area contributed by atoms with Gasteiger partial charge in [-0.05, 0) is 29.4 Å². The highest BCUT2D eigenvalue weighted by Gasteiger charge is 2.16. The van der Waals surface area contributed by atoms with Crippen LogP contribution in [0.25, 0.3) is 0 Å². The predicted molar refractivity (Wildman–Crippen MR) is 80.3 cm³/mol. The third-order valence-corrected chi connectivity index (χ3v) is 3.43. The van der Waals surface area contributed by atoms with Gasteiger partial charge in [-0.3, -0.25) is 4.79 Å². The summed E-state index contributed by atoms with van der Waals surface area (Å²) in [6, 6.07) is 7.74. The minimum absolute atomic E-state index is 0.0210. The number of thioether (sulfide) groups is 1. The third-order valence-electron chi connectivity index (χ3n) is 2.68. The summed E-state index contributed by atoms with van der Waals surface area (Å²) in [7, 11) is 0. The predicted octanol–water partition coefficient (Wildman–Crippen LogP) is 2.99. The number of aliphatic hydroxyl groups excluding tert-OH is 1. The Morgan fingerprint density at radius 3 is 2.37 bits per heavy atom. The van der Waals surface area contributed by atoms with E-state index in [4.69, 9.17) is 0 Å². The monoisotopic (exact) mass is 281 g/mol. The molecule has 106 valence electrons. The Morgan fingerprint density at radius 2 is 1.89 bits per heavy atom. The fourth-order valence-electron chi connectivity index (χ4n) is 1.70. The zero-order chi connectivity index (χ0) is 14.5. The van der Waals surface area contributed by atoms with Crippen molar-refractivity contribution < 1.29 is 9.90 Å². The molecule has 0 heterocycles. The number of rotatable bonds is 5. The Hall–Kier alpha value is -1.00. The lowest BCUT2D eigenvalue weighted by atomic mass is 9.92. The summed E-state index contributed by atoms with van der Waals surface area (Å²) in [6.07, 6.45) is 1.82. The van der Waals surface area contributed by atoms with Gasteiger partial charge in [0.1, 0.15) is 0 Å². The largest absolute Gasteiger partial charge is 0.387 e. The Bertz CT molecular complexity index is 409. The van der Waals surface area contributed by atoms with Crippen LogP contribution < -0.4 is 5.32 Å². The molecule has 0 aromatic heterocycles. The van der Waals surface area contributed by atoms with Gasteiger partial charge in [0, 0.05) is 17.9 Å². The molecule has 0 saturated carbocycles. The van der Waals surface area contributed by atoms with Crippen molar-refractivity contribution in [2.45, 2.75) is 38.2 Å². The van der Waals surface area contributed by atoms with Crippen LogP contribution in [0.3, 0.4) is 0 Å². The molecule has 0 spiro atoms. The van der Waals surface area contributed by atoms with Gasteiger partial charge >= 0.3 is 0 Å². The number of carbonyl (C=O) groups excluding carboxylic acids is 1. The Kier molecular flexibility index (Phi) is 5.88. The fraction of sp³-hybridized carbons (Fsp3) is 0.533. The van der Waals surface area contributed by atoms with Crippen LogP contribution in [0.4, 0.5) is 0 Å². The van der Waals surface area contributed by atoms with Crippen LogP contribution in [0.5, 0.6) is 0 Å². The van der Waals surface area contributed by atoms with Gasteiger partial charge < -0.3 is 10.4 Å². The van der Waals surface area contributed by atoms with Crippen LogP contribution in [0.2, 0.25) is 0 Å². The van der Waals surface area contributed by atoms with Gasteiger partial charge in [0.25, 0.3) is 0 Å². The zero-order valence-corrected chi connectivity index (χ0v) is 12.9. The first-order valence-electron chi connectivity index (χ1n) is 6.40. The molecule has 0 aliphatic heterocycles. The van der Waals surface area contributed by atoms with E-state index in [1.165, 1.54) is 0 Å². The molecular weight excluding hydrogens is 258 g/mol. The number of amides is 1. The maximum absolute atomic E-state index is 11.7. The van der Waals surface area contributed by atoms with Crippen molar-refractivity contribution in [3.63, 3.8) is 0 Å². The van der Waals surface area contributed by atoms with Crippen molar-refractivity contribution in [3.8, 4) is 0 Å². The zero-order valence-electron chi connectivity index (χ0n) is 12.1. The maximum Gasteiger partial charge on any atom is 0.220 e. The maximum atomic E-state index is 11.7. The van der Waals surface area contributed by atoms with E-state index in [-0.39, 0.29) is 17.9 Å². The molecule has 3 nitrogen and oxygen atoms in total. The van der Waals surface area contributed by atoms with E-state index in [9.17, 15) is 9.90 Å². The first-order chi connectivity index (χ1) is 8.81. The van der Waals surface area contributed by atoms with Crippen molar-refractivity contribution in [2.75, 3.05) is 12.8 Å². The number of hydrogen-bond donors (Lipinski definition) is 2. The molecule has 1 unspecified atom stereocenters. The van der Waals surface area contributed by atoms with Crippen LogP contribution in [-0.2, 0) is 4.79 Å². The number of aliphatic hydroxyl groups is 1. The molecule has 0 fully saturated rings. The normalized spacial score (nSPS) is 13.1. The molecule has 1 aromatic rings. The molecule has 0 aliphatic carbocycles. The lowest BCUT2D eigenvalue weighted by molar-refractivity contribution is -0.123. The Morgan fingerprint density at radius 1 is 1.32 bits per heavy atom. The molecule has 1 aromatic carbocycles. The number of benzene rings is 1. The van der Waals surface area contributed by atoms with E-state index in [1.54, 1.807) is 11.8 Å². The van der Waals surface area contributed by atoms with Gasteiger partial charge in [0.15, 0.2) is 0 Å². The summed E-state index contributed by atoms with van der Waals surface area (Å²) < 4.78 is 0. The van der Waals surface area contributed by atoms with E-state index in [2.05, 4.69) is 5.32 Å². The fourth-order valence-corrected chi connectivity index (χ4v) is 2.11. The number of hydrogen-bond acceptors (Lipinski definition) is 3. The lowest BCUT2D eigenvalue weighted by Gasteiger charge is -2.18. The summed E-state index contributed by atoms with van der Waals surface area (Å²) in [5, 5.41) is 12.8. The molecule has 0 saturated heterocycles. The second-order valence-electron chi connectivity index (χ2n) is 5.83. The van der Waals surface area contributed by atoms with Crippen LogP contribution >= 0.6 is 11.8 Å². The number of nitrogens with one attached hydrogen (secondary N) is 1. The van der Waals surface area contributed by atoms with Gasteiger partial charge in [0.05, 0.1) is 6.10 Å². The smallest absolute Gasteiger partial charge is 0.220 e. The molecule has 1 amide bonds. The molecule has 0 bridgehead atoms. The van der Waals surface area contributed by atoms with E-state index in [1.807, 2.05) is 51.3 Å². The van der Waals surface area contributed by atoms with E-state index >= 15 is 0 Å². The van der Waals surface area contributed by atoms with Crippen LogP contribution in [0.1, 0.15) is 38.9 Å². The van der Waals surface area contributed by atoms with E-state index < -0.39 is 6.10 Å². The summed E-state index contributed by atoms with van der Waals surface area (Å²) in [6.45, 7) is 6.31. The molecular formula is C15H23NO2S. The summed E-state index contributed by atoms with van der Waals surface area (Å²) in [4.78, 5) is 12.8. The van der Waals surface area contributed by atoms with Crippen LogP contribution in [0, 0.1) is 5.41 Å². The van der Waals surface area contributed by atoms with Gasteiger partial charge in [-0.25, -0.2) is 0 Å². The molecule has 1 atom stereocenters. The first kappa shape index (κ1) is 16.1. The average molecular weight is 281 g/mol. The molecule has 0 aliphatic rings. The van der Waals surface area contributed by atoms with Crippen molar-refractivity contribution in [1.29, 1.82) is 0 Å². The van der Waals surface area contributed by atoms with E-state index in [0.717, 1.165) is 10.5 Å². The highest BCUT2D eigenvalue weighted by molar-refractivity contribution is 7.98. The highest BCUT2D eigenvalue weighted by atomic mass is 32.2. The van der Waals surface area contributed by atoms with Crippen molar-refractivity contribution in [3.05, 3.63) is 29.8 Å². The first-order valence-corrected chi connectivity index (χ1v) is 7.63. The minimum atomic E-state index is -0.653. The van der Waals surface area contributed by atoms with Gasteiger partial charge in [-0.15, -0.1) is 11.8 Å². The second kappa shape index (κ2) is 6.96. The second-order valence-corrected chi connectivity index (χ2v) is 6.71. The summed E-state index contributed by atoms with van der Waals surface area (Å²) >= 11 is 1.66. The topological polar surface area (TPSA) is 49.3 Å². The molecule has 1 rings (SSSR count). The van der Waals surface area contributed by atoms with Gasteiger partial charge in [-0.2, -0.15) is 0 Å². The molecule has 0 radical (unpaired) electrons. The van der Waals surface area contributed by atoms with Crippen LogP contribution in [-0.4, -0.2) is 23.8 Å². The summed E-state index contributed by atoms with van der Waals surface area (Å²) in [5.41, 5.74) is 0.795. The third kappa shape index (κ3) is 6.12. The number of carbonyl (C=O) groups is 1. The van der Waals surface area contributed by atoms with E-state index in [0.29, 0.717) is 6.42 Å². The highest BCUT2D eigenvalue weighted by Crippen LogP contribution is 2.20. The molecule has 4 heteroatoms. The van der Waals surface area contributed by atoms with Crippen LogP contribution in [0.15, 0.2) is 29.2 Å². The Labute approximate surface area is 119 Å². The van der Waals surface area contributed by atoms with Crippen molar-refractivity contribution in [2.24, 2.45) is 5.41 Å². The Balaban J connectivity index is 2.46.